The van der Waals surface area contributed by atoms with E-state index in [9.17, 15) is 4.79 Å². The first-order chi connectivity index (χ1) is 9.97. The minimum absolute atomic E-state index is 0.0156. The SMILES string of the molecule is CC(C)C(NC(=O)C1(C(N)=S)CCCCC1)c1cccs1. The Labute approximate surface area is 136 Å². The van der Waals surface area contributed by atoms with E-state index < -0.39 is 5.41 Å². The molecule has 1 saturated carbocycles. The maximum atomic E-state index is 12.9. The summed E-state index contributed by atoms with van der Waals surface area (Å²) in [5, 5.41) is 5.26. The molecule has 116 valence electrons. The van der Waals surface area contributed by atoms with Gasteiger partial charge >= 0.3 is 0 Å². The molecule has 0 aliphatic heterocycles. The molecule has 0 saturated heterocycles. The first-order valence-corrected chi connectivity index (χ1v) is 8.90. The minimum atomic E-state index is -0.641. The van der Waals surface area contributed by atoms with Crippen molar-refractivity contribution in [2.45, 2.75) is 52.0 Å². The molecular weight excluding hydrogens is 300 g/mol. The lowest BCUT2D eigenvalue weighted by molar-refractivity contribution is -0.129. The van der Waals surface area contributed by atoms with Crippen LogP contribution in [0, 0.1) is 11.3 Å². The van der Waals surface area contributed by atoms with Crippen LogP contribution >= 0.6 is 23.6 Å². The fourth-order valence-corrected chi connectivity index (χ4v) is 4.30. The minimum Gasteiger partial charge on any atom is -0.392 e. The molecule has 1 aromatic heterocycles. The second-order valence-electron chi connectivity index (χ2n) is 6.22. The van der Waals surface area contributed by atoms with Crippen LogP contribution in [-0.4, -0.2) is 10.9 Å². The second kappa shape index (κ2) is 6.88. The molecule has 1 fully saturated rings. The van der Waals surface area contributed by atoms with Gasteiger partial charge in [0.25, 0.3) is 0 Å². The predicted molar refractivity (Wildman–Crippen MR) is 92.3 cm³/mol. The van der Waals surface area contributed by atoms with Gasteiger partial charge in [-0.05, 0) is 30.2 Å². The van der Waals surface area contributed by atoms with Crippen molar-refractivity contribution in [3.8, 4) is 0 Å². The van der Waals surface area contributed by atoms with Crippen molar-refractivity contribution in [2.24, 2.45) is 17.1 Å². The highest BCUT2D eigenvalue weighted by molar-refractivity contribution is 7.80. The van der Waals surface area contributed by atoms with Gasteiger partial charge in [-0.15, -0.1) is 11.3 Å². The van der Waals surface area contributed by atoms with E-state index in [-0.39, 0.29) is 11.9 Å². The number of amides is 1. The Morgan fingerprint density at radius 2 is 2.05 bits per heavy atom. The van der Waals surface area contributed by atoms with Crippen molar-refractivity contribution in [2.75, 3.05) is 0 Å². The smallest absolute Gasteiger partial charge is 0.233 e. The Kier molecular flexibility index (Phi) is 5.38. The molecule has 0 spiro atoms. The van der Waals surface area contributed by atoms with Crippen molar-refractivity contribution in [1.82, 2.24) is 5.32 Å². The van der Waals surface area contributed by atoms with E-state index in [1.54, 1.807) is 11.3 Å². The van der Waals surface area contributed by atoms with Crippen LogP contribution in [0.15, 0.2) is 17.5 Å². The van der Waals surface area contributed by atoms with E-state index in [2.05, 4.69) is 25.2 Å². The summed E-state index contributed by atoms with van der Waals surface area (Å²) < 4.78 is 0. The number of carbonyl (C=O) groups is 1. The van der Waals surface area contributed by atoms with Gasteiger partial charge in [-0.3, -0.25) is 4.79 Å². The van der Waals surface area contributed by atoms with Gasteiger partial charge in [0.1, 0.15) is 0 Å². The molecule has 1 aliphatic rings. The highest BCUT2D eigenvalue weighted by Gasteiger charge is 2.43. The molecule has 1 atom stereocenters. The lowest BCUT2D eigenvalue weighted by Gasteiger charge is -2.36. The summed E-state index contributed by atoms with van der Waals surface area (Å²) in [5.41, 5.74) is 5.31. The molecule has 5 heteroatoms. The number of hydrogen-bond donors (Lipinski definition) is 2. The van der Waals surface area contributed by atoms with Gasteiger partial charge in [-0.2, -0.15) is 0 Å². The third kappa shape index (κ3) is 3.46. The van der Waals surface area contributed by atoms with Gasteiger partial charge in [0.2, 0.25) is 5.91 Å². The van der Waals surface area contributed by atoms with E-state index in [1.807, 2.05) is 11.4 Å². The summed E-state index contributed by atoms with van der Waals surface area (Å²) in [6.07, 6.45) is 4.77. The van der Waals surface area contributed by atoms with Crippen LogP contribution in [0.4, 0.5) is 0 Å². The van der Waals surface area contributed by atoms with Gasteiger partial charge in [0.15, 0.2) is 0 Å². The topological polar surface area (TPSA) is 55.1 Å². The maximum Gasteiger partial charge on any atom is 0.233 e. The monoisotopic (exact) mass is 324 g/mol. The van der Waals surface area contributed by atoms with Crippen molar-refractivity contribution in [3.63, 3.8) is 0 Å². The van der Waals surface area contributed by atoms with Crippen LogP contribution in [0.3, 0.4) is 0 Å². The Balaban J connectivity index is 2.19. The molecule has 21 heavy (non-hydrogen) atoms. The van der Waals surface area contributed by atoms with Gasteiger partial charge in [-0.25, -0.2) is 0 Å². The standard InChI is InChI=1S/C16H24N2OS2/c1-11(2)13(12-7-6-10-21-12)18-15(19)16(14(17)20)8-4-3-5-9-16/h6-7,10-11,13H,3-5,8-9H2,1-2H3,(H2,17,20)(H,18,19). The number of nitrogens with one attached hydrogen (secondary N) is 1. The van der Waals surface area contributed by atoms with Crippen molar-refractivity contribution >= 4 is 34.5 Å². The summed E-state index contributed by atoms with van der Waals surface area (Å²) in [7, 11) is 0. The number of thiocarbonyl (C=S) groups is 1. The highest BCUT2D eigenvalue weighted by atomic mass is 32.1. The van der Waals surface area contributed by atoms with E-state index in [0.717, 1.165) is 32.1 Å². The van der Waals surface area contributed by atoms with Crippen molar-refractivity contribution < 1.29 is 4.79 Å². The van der Waals surface area contributed by atoms with E-state index in [1.165, 1.54) is 4.88 Å². The molecule has 1 aliphatic carbocycles. The van der Waals surface area contributed by atoms with Crippen LogP contribution in [-0.2, 0) is 4.79 Å². The summed E-state index contributed by atoms with van der Waals surface area (Å²) in [6, 6.07) is 4.13. The van der Waals surface area contributed by atoms with Crippen molar-refractivity contribution in [3.05, 3.63) is 22.4 Å². The predicted octanol–water partition coefficient (Wildman–Crippen LogP) is 3.80. The van der Waals surface area contributed by atoms with Crippen LogP contribution in [0.5, 0.6) is 0 Å². The maximum absolute atomic E-state index is 12.9. The molecular formula is C16H24N2OS2. The average Bonchev–Trinajstić information content (AvgIpc) is 2.98. The van der Waals surface area contributed by atoms with Crippen molar-refractivity contribution in [1.29, 1.82) is 0 Å². The van der Waals surface area contributed by atoms with E-state index in [0.29, 0.717) is 10.9 Å². The summed E-state index contributed by atoms with van der Waals surface area (Å²) in [5.74, 6) is 0.349. The Morgan fingerprint density at radius 1 is 1.38 bits per heavy atom. The Hall–Kier alpha value is -0.940. The lowest BCUT2D eigenvalue weighted by Crippen LogP contribution is -2.51. The molecule has 1 amide bonds. The summed E-state index contributed by atoms with van der Waals surface area (Å²) in [4.78, 5) is 14.4. The zero-order chi connectivity index (χ0) is 15.5. The third-order valence-corrected chi connectivity index (χ3v) is 5.76. The molecule has 0 radical (unpaired) electrons. The number of rotatable bonds is 5. The Morgan fingerprint density at radius 3 is 2.52 bits per heavy atom. The summed E-state index contributed by atoms with van der Waals surface area (Å²) >= 11 is 6.92. The molecule has 1 heterocycles. The summed E-state index contributed by atoms with van der Waals surface area (Å²) in [6.45, 7) is 4.25. The zero-order valence-corrected chi connectivity index (χ0v) is 14.4. The first kappa shape index (κ1) is 16.4. The normalized spacial score (nSPS) is 19.2. The van der Waals surface area contributed by atoms with Crippen LogP contribution in [0.2, 0.25) is 0 Å². The van der Waals surface area contributed by atoms with E-state index >= 15 is 0 Å². The number of carbonyl (C=O) groups excluding carboxylic acids is 1. The van der Waals surface area contributed by atoms with Gasteiger partial charge in [0.05, 0.1) is 16.4 Å². The first-order valence-electron chi connectivity index (χ1n) is 7.61. The third-order valence-electron chi connectivity index (χ3n) is 4.42. The number of hydrogen-bond acceptors (Lipinski definition) is 3. The van der Waals surface area contributed by atoms with Crippen LogP contribution < -0.4 is 11.1 Å². The lowest BCUT2D eigenvalue weighted by atomic mass is 9.73. The fraction of sp³-hybridized carbons (Fsp3) is 0.625. The molecule has 0 aromatic carbocycles. The molecule has 3 N–H and O–H groups in total. The van der Waals surface area contributed by atoms with Gasteiger partial charge in [0, 0.05) is 4.88 Å². The molecule has 0 bridgehead atoms. The Bertz CT molecular complexity index is 490. The molecule has 1 aromatic rings. The van der Waals surface area contributed by atoms with Crippen LogP contribution in [0.1, 0.15) is 56.9 Å². The highest BCUT2D eigenvalue weighted by Crippen LogP contribution is 2.38. The molecule has 3 nitrogen and oxygen atoms in total. The number of thiophene rings is 1. The molecule has 1 unspecified atom stereocenters. The quantitative estimate of drug-likeness (QED) is 0.810. The largest absolute Gasteiger partial charge is 0.392 e. The molecule has 2 rings (SSSR count). The fourth-order valence-electron chi connectivity index (χ4n) is 3.05. The van der Waals surface area contributed by atoms with Gasteiger partial charge in [-0.1, -0.05) is 51.4 Å². The average molecular weight is 325 g/mol. The second-order valence-corrected chi connectivity index (χ2v) is 7.64. The van der Waals surface area contributed by atoms with Crippen LogP contribution in [0.25, 0.3) is 0 Å². The number of nitrogens with two attached hydrogens (primary N) is 1. The zero-order valence-electron chi connectivity index (χ0n) is 12.7. The van der Waals surface area contributed by atoms with E-state index in [4.69, 9.17) is 18.0 Å². The van der Waals surface area contributed by atoms with Gasteiger partial charge < -0.3 is 11.1 Å².